The molecule has 0 fully saturated rings. The van der Waals surface area contributed by atoms with Gasteiger partial charge in [0.25, 0.3) is 5.91 Å². The van der Waals surface area contributed by atoms with Crippen LogP contribution in [0.25, 0.3) is 0 Å². The molecule has 1 amide bonds. The first-order valence-electron chi connectivity index (χ1n) is 9.13. The van der Waals surface area contributed by atoms with Crippen LogP contribution in [0.1, 0.15) is 27.3 Å². The third kappa shape index (κ3) is 5.21. The van der Waals surface area contributed by atoms with Crippen LogP contribution in [0.2, 0.25) is 5.02 Å². The third-order valence-corrected chi connectivity index (χ3v) is 6.64. The highest BCUT2D eigenvalue weighted by molar-refractivity contribution is 7.89. The fraction of sp³-hybridized carbons (Fsp3) is 0.190. The Kier molecular flexibility index (Phi) is 6.81. The average molecular weight is 445 g/mol. The summed E-state index contributed by atoms with van der Waals surface area (Å²) in [5.74, 6) is -0.0575. The molecule has 1 heterocycles. The summed E-state index contributed by atoms with van der Waals surface area (Å²) in [6.07, 6.45) is 2.74. The van der Waals surface area contributed by atoms with Crippen LogP contribution >= 0.6 is 11.6 Å². The molecule has 0 bridgehead atoms. The minimum atomic E-state index is -3.66. The van der Waals surface area contributed by atoms with Crippen molar-refractivity contribution in [1.29, 1.82) is 0 Å². The second-order valence-corrected chi connectivity index (χ2v) is 9.19. The summed E-state index contributed by atoms with van der Waals surface area (Å²) in [6, 6.07) is 13.8. The molecule has 30 heavy (non-hydrogen) atoms. The van der Waals surface area contributed by atoms with E-state index in [1.807, 2.05) is 25.1 Å². The van der Waals surface area contributed by atoms with E-state index in [2.05, 4.69) is 15.3 Å². The number of nitrogens with zero attached hydrogens (tertiary/aromatic N) is 3. The van der Waals surface area contributed by atoms with E-state index in [-0.39, 0.29) is 35.3 Å². The Balaban J connectivity index is 1.63. The van der Waals surface area contributed by atoms with Crippen molar-refractivity contribution < 1.29 is 13.2 Å². The maximum atomic E-state index is 12.7. The molecule has 1 aromatic heterocycles. The van der Waals surface area contributed by atoms with Crippen molar-refractivity contribution in [1.82, 2.24) is 19.6 Å². The van der Waals surface area contributed by atoms with Crippen molar-refractivity contribution in [3.63, 3.8) is 0 Å². The lowest BCUT2D eigenvalue weighted by atomic mass is 10.2. The maximum Gasteiger partial charge on any atom is 0.254 e. The molecular weight excluding hydrogens is 424 g/mol. The first kappa shape index (κ1) is 21.9. The molecule has 9 heteroatoms. The zero-order valence-electron chi connectivity index (χ0n) is 16.5. The molecule has 0 aliphatic rings. The van der Waals surface area contributed by atoms with Gasteiger partial charge in [-0.3, -0.25) is 4.79 Å². The number of aryl methyl sites for hydroxylation is 1. The van der Waals surface area contributed by atoms with E-state index in [0.717, 1.165) is 11.1 Å². The van der Waals surface area contributed by atoms with Crippen molar-refractivity contribution in [2.75, 3.05) is 7.05 Å². The van der Waals surface area contributed by atoms with Crippen molar-refractivity contribution in [2.24, 2.45) is 0 Å². The summed E-state index contributed by atoms with van der Waals surface area (Å²) in [5, 5.41) is 3.33. The number of carbonyl (C=O) groups excluding carboxylic acids is 1. The summed E-state index contributed by atoms with van der Waals surface area (Å²) >= 11 is 6.08. The largest absolute Gasteiger partial charge is 0.348 e. The number of rotatable bonds is 7. The maximum absolute atomic E-state index is 12.7. The Bertz CT molecular complexity index is 1130. The van der Waals surface area contributed by atoms with E-state index >= 15 is 0 Å². The number of aromatic nitrogens is 2. The van der Waals surface area contributed by atoms with E-state index in [1.165, 1.54) is 23.7 Å². The lowest BCUT2D eigenvalue weighted by Crippen LogP contribution is -2.28. The first-order chi connectivity index (χ1) is 14.3. The van der Waals surface area contributed by atoms with Crippen molar-refractivity contribution in [3.8, 4) is 0 Å². The molecule has 7 nitrogen and oxygen atoms in total. The van der Waals surface area contributed by atoms with E-state index in [9.17, 15) is 13.2 Å². The fourth-order valence-corrected chi connectivity index (χ4v) is 3.98. The molecule has 0 unspecified atom stereocenters. The van der Waals surface area contributed by atoms with Crippen LogP contribution in [0.4, 0.5) is 0 Å². The van der Waals surface area contributed by atoms with Crippen LogP contribution in [0.3, 0.4) is 0 Å². The first-order valence-corrected chi connectivity index (χ1v) is 10.9. The quantitative estimate of drug-likeness (QED) is 0.604. The lowest BCUT2D eigenvalue weighted by molar-refractivity contribution is 0.0950. The molecule has 0 atom stereocenters. The third-order valence-electron chi connectivity index (χ3n) is 4.46. The monoisotopic (exact) mass is 444 g/mol. The second-order valence-electron chi connectivity index (χ2n) is 6.74. The number of amides is 1. The SMILES string of the molecule is Cc1ccc(S(=O)(=O)N(C)Cc2ncc(C(=O)NCc3ccccc3Cl)cn2)cc1. The topological polar surface area (TPSA) is 92.3 Å². The van der Waals surface area contributed by atoms with Crippen LogP contribution < -0.4 is 5.32 Å². The van der Waals surface area contributed by atoms with Crippen LogP contribution in [-0.4, -0.2) is 35.6 Å². The summed E-state index contributed by atoms with van der Waals surface area (Å²) < 4.78 is 26.5. The van der Waals surface area contributed by atoms with E-state index < -0.39 is 10.0 Å². The standard InChI is InChI=1S/C21H21ClN4O3S/c1-15-7-9-18(10-8-15)30(28,29)26(2)14-20-23-12-17(13-24-20)21(27)25-11-16-5-3-4-6-19(16)22/h3-10,12-13H,11,14H2,1-2H3,(H,25,27). The Morgan fingerprint density at radius 3 is 2.33 bits per heavy atom. The van der Waals surface area contributed by atoms with Gasteiger partial charge in [0.15, 0.2) is 0 Å². The zero-order chi connectivity index (χ0) is 21.7. The highest BCUT2D eigenvalue weighted by Crippen LogP contribution is 2.17. The number of benzene rings is 2. The Labute approximate surface area is 180 Å². The lowest BCUT2D eigenvalue weighted by Gasteiger charge is -2.16. The Hall–Kier alpha value is -2.81. The minimum absolute atomic E-state index is 0.0161. The number of sulfonamides is 1. The molecule has 0 aliphatic heterocycles. The molecule has 3 aromatic rings. The van der Waals surface area contributed by atoms with Gasteiger partial charge in [-0.1, -0.05) is 47.5 Å². The summed E-state index contributed by atoms with van der Waals surface area (Å²) in [6.45, 7) is 2.15. The molecular formula is C21H21ClN4O3S. The molecule has 156 valence electrons. The van der Waals surface area contributed by atoms with Crippen LogP contribution in [-0.2, 0) is 23.1 Å². The highest BCUT2D eigenvalue weighted by Gasteiger charge is 2.21. The van der Waals surface area contributed by atoms with Gasteiger partial charge in [-0.15, -0.1) is 0 Å². The number of nitrogens with one attached hydrogen (secondary N) is 1. The van der Waals surface area contributed by atoms with Gasteiger partial charge >= 0.3 is 0 Å². The van der Waals surface area contributed by atoms with Gasteiger partial charge in [0.05, 0.1) is 17.0 Å². The van der Waals surface area contributed by atoms with Gasteiger partial charge in [-0.05, 0) is 30.7 Å². The Morgan fingerprint density at radius 2 is 1.70 bits per heavy atom. The normalized spacial score (nSPS) is 11.5. The number of halogens is 1. The van der Waals surface area contributed by atoms with Gasteiger partial charge < -0.3 is 5.32 Å². The molecule has 0 aliphatic carbocycles. The van der Waals surface area contributed by atoms with Gasteiger partial charge in [0, 0.05) is 31.0 Å². The van der Waals surface area contributed by atoms with Crippen LogP contribution in [0.5, 0.6) is 0 Å². The van der Waals surface area contributed by atoms with Gasteiger partial charge in [-0.25, -0.2) is 18.4 Å². The van der Waals surface area contributed by atoms with Crippen molar-refractivity contribution >= 4 is 27.5 Å². The summed E-state index contributed by atoms with van der Waals surface area (Å²) in [4.78, 5) is 20.8. The van der Waals surface area contributed by atoms with E-state index in [1.54, 1.807) is 30.3 Å². The second kappa shape index (κ2) is 9.34. The molecule has 1 N–H and O–H groups in total. The smallest absolute Gasteiger partial charge is 0.254 e. The van der Waals surface area contributed by atoms with Gasteiger partial charge in [0.2, 0.25) is 10.0 Å². The van der Waals surface area contributed by atoms with Crippen molar-refractivity contribution in [2.45, 2.75) is 24.9 Å². The molecule has 0 spiro atoms. The Morgan fingerprint density at radius 1 is 1.07 bits per heavy atom. The molecule has 3 rings (SSSR count). The summed E-state index contributed by atoms with van der Waals surface area (Å²) in [5.41, 5.74) is 2.05. The minimum Gasteiger partial charge on any atom is -0.348 e. The number of hydrogen-bond donors (Lipinski definition) is 1. The van der Waals surface area contributed by atoms with E-state index in [4.69, 9.17) is 11.6 Å². The molecule has 0 saturated carbocycles. The molecule has 0 radical (unpaired) electrons. The highest BCUT2D eigenvalue weighted by atomic mass is 35.5. The van der Waals surface area contributed by atoms with E-state index in [0.29, 0.717) is 5.02 Å². The van der Waals surface area contributed by atoms with Crippen LogP contribution in [0.15, 0.2) is 65.8 Å². The zero-order valence-corrected chi connectivity index (χ0v) is 18.1. The van der Waals surface area contributed by atoms with Gasteiger partial charge in [0.1, 0.15) is 5.82 Å². The fourth-order valence-electron chi connectivity index (χ4n) is 2.65. The molecule has 2 aromatic carbocycles. The predicted octanol–water partition coefficient (Wildman–Crippen LogP) is 3.19. The van der Waals surface area contributed by atoms with Gasteiger partial charge in [-0.2, -0.15) is 4.31 Å². The predicted molar refractivity (Wildman–Crippen MR) is 114 cm³/mol. The van der Waals surface area contributed by atoms with Crippen molar-refractivity contribution in [3.05, 3.63) is 88.5 Å². The molecule has 0 saturated heterocycles. The van der Waals surface area contributed by atoms with Crippen LogP contribution in [0, 0.1) is 6.92 Å². The summed E-state index contributed by atoms with van der Waals surface area (Å²) in [7, 11) is -2.20. The average Bonchev–Trinajstić information content (AvgIpc) is 2.73. The number of hydrogen-bond acceptors (Lipinski definition) is 5. The number of carbonyl (C=O) groups is 1.